The summed E-state index contributed by atoms with van der Waals surface area (Å²) in [5.41, 5.74) is 0. The highest BCUT2D eigenvalue weighted by Gasteiger charge is 2.32. The van der Waals surface area contributed by atoms with Gasteiger partial charge in [0.15, 0.2) is 0 Å². The summed E-state index contributed by atoms with van der Waals surface area (Å²) < 4.78 is 14.4. The molecule has 136 valence electrons. The lowest BCUT2D eigenvalue weighted by molar-refractivity contribution is -0.133. The number of carbonyl (C=O) groups excluding carboxylic acids is 3. The van der Waals surface area contributed by atoms with Gasteiger partial charge < -0.3 is 10.2 Å². The van der Waals surface area contributed by atoms with Crippen LogP contribution in [0.15, 0.2) is 0 Å². The molecule has 2 saturated heterocycles. The average Bonchev–Trinajstić information content (AvgIpc) is 3.03. The van der Waals surface area contributed by atoms with Crippen molar-refractivity contribution in [3.63, 3.8) is 0 Å². The van der Waals surface area contributed by atoms with Crippen molar-refractivity contribution >= 4 is 29.2 Å². The molecule has 2 N–H and O–H groups in total. The number of nitrogens with one attached hydrogen (secondary N) is 2. The van der Waals surface area contributed by atoms with Gasteiger partial charge in [0.2, 0.25) is 12.3 Å². The summed E-state index contributed by atoms with van der Waals surface area (Å²) in [4.78, 5) is 37.2. The van der Waals surface area contributed by atoms with Crippen LogP contribution in [0.1, 0.15) is 57.8 Å². The van der Waals surface area contributed by atoms with Crippen molar-refractivity contribution in [1.29, 1.82) is 0 Å². The van der Waals surface area contributed by atoms with E-state index in [2.05, 4.69) is 10.0 Å². The molecule has 3 atom stereocenters. The van der Waals surface area contributed by atoms with Crippen molar-refractivity contribution in [3.05, 3.63) is 0 Å². The molecular weight excluding hydrogens is 330 g/mol. The third-order valence-electron chi connectivity index (χ3n) is 4.65. The van der Waals surface area contributed by atoms with Gasteiger partial charge in [-0.2, -0.15) is 0 Å². The van der Waals surface area contributed by atoms with E-state index >= 15 is 0 Å². The van der Waals surface area contributed by atoms with E-state index in [4.69, 9.17) is 0 Å². The van der Waals surface area contributed by atoms with E-state index in [0.717, 1.165) is 44.9 Å². The summed E-state index contributed by atoms with van der Waals surface area (Å²) in [6, 6.07) is -1.18. The van der Waals surface area contributed by atoms with Crippen LogP contribution in [-0.2, 0) is 25.4 Å². The van der Waals surface area contributed by atoms with Crippen LogP contribution in [-0.4, -0.2) is 51.7 Å². The number of amides is 3. The highest BCUT2D eigenvalue weighted by Crippen LogP contribution is 2.16. The second-order valence-corrected chi connectivity index (χ2v) is 7.79. The van der Waals surface area contributed by atoms with Crippen molar-refractivity contribution < 1.29 is 18.6 Å². The SMILES string of the molecule is O=CN1CCCC1C(=O)NC1CCCCCCCCS(=O)NC1=O. The van der Waals surface area contributed by atoms with Gasteiger partial charge in [0.05, 0.1) is 0 Å². The fraction of sp³-hybridized carbons (Fsp3) is 0.812. The minimum absolute atomic E-state index is 0.294. The molecule has 0 aromatic rings. The first-order chi connectivity index (χ1) is 11.6. The zero-order valence-corrected chi connectivity index (χ0v) is 14.8. The fourth-order valence-electron chi connectivity index (χ4n) is 3.26. The van der Waals surface area contributed by atoms with Gasteiger partial charge in [-0.3, -0.25) is 19.1 Å². The van der Waals surface area contributed by atoms with Gasteiger partial charge in [-0.1, -0.05) is 32.1 Å². The topological polar surface area (TPSA) is 95.6 Å². The highest BCUT2D eigenvalue weighted by atomic mass is 32.2. The van der Waals surface area contributed by atoms with Crippen molar-refractivity contribution in [3.8, 4) is 0 Å². The second-order valence-electron chi connectivity index (χ2n) is 6.49. The van der Waals surface area contributed by atoms with E-state index in [1.165, 1.54) is 4.90 Å². The van der Waals surface area contributed by atoms with Gasteiger partial charge in [0, 0.05) is 12.3 Å². The molecule has 0 saturated carbocycles. The molecule has 2 aliphatic heterocycles. The third-order valence-corrected chi connectivity index (χ3v) is 5.74. The lowest BCUT2D eigenvalue weighted by Crippen LogP contribution is -2.52. The Morgan fingerprint density at radius 1 is 1.12 bits per heavy atom. The molecule has 0 spiro atoms. The maximum atomic E-state index is 12.4. The zero-order chi connectivity index (χ0) is 17.4. The smallest absolute Gasteiger partial charge is 0.254 e. The minimum atomic E-state index is -1.39. The molecule has 0 bridgehead atoms. The molecule has 0 radical (unpaired) electrons. The van der Waals surface area contributed by atoms with Crippen LogP contribution < -0.4 is 10.0 Å². The maximum absolute atomic E-state index is 12.4. The molecule has 8 heteroatoms. The predicted octanol–water partition coefficient (Wildman–Crippen LogP) is 0.616. The molecule has 7 nitrogen and oxygen atoms in total. The van der Waals surface area contributed by atoms with E-state index in [1.54, 1.807) is 0 Å². The summed E-state index contributed by atoms with van der Waals surface area (Å²) in [5.74, 6) is -0.232. The van der Waals surface area contributed by atoms with E-state index in [1.807, 2.05) is 0 Å². The number of carbonyl (C=O) groups is 3. The lowest BCUT2D eigenvalue weighted by atomic mass is 10.0. The number of rotatable bonds is 3. The Bertz CT molecular complexity index is 486. The lowest BCUT2D eigenvalue weighted by Gasteiger charge is -2.23. The van der Waals surface area contributed by atoms with E-state index in [0.29, 0.717) is 31.5 Å². The molecule has 0 aliphatic carbocycles. The molecule has 3 unspecified atom stereocenters. The Hall–Kier alpha value is -1.44. The summed E-state index contributed by atoms with van der Waals surface area (Å²) >= 11 is 0. The zero-order valence-electron chi connectivity index (χ0n) is 14.0. The largest absolute Gasteiger partial charge is 0.342 e. The molecular formula is C16H27N3O4S. The standard InChI is InChI=1S/C16H27N3O4S/c20-12-19-10-7-9-14(19)16(22)17-13-8-5-3-1-2-4-6-11-24(23)18-15(13)21/h12-14H,1-11H2,(H,17,22)(H,18,21). The van der Waals surface area contributed by atoms with Crippen molar-refractivity contribution in [2.75, 3.05) is 12.3 Å². The first kappa shape index (κ1) is 18.9. The van der Waals surface area contributed by atoms with Gasteiger partial charge in [0.1, 0.15) is 23.1 Å². The predicted molar refractivity (Wildman–Crippen MR) is 91.2 cm³/mol. The van der Waals surface area contributed by atoms with Crippen LogP contribution in [0.5, 0.6) is 0 Å². The normalized spacial score (nSPS) is 29.9. The van der Waals surface area contributed by atoms with E-state index in [9.17, 15) is 18.6 Å². The summed E-state index contributed by atoms with van der Waals surface area (Å²) in [5, 5.41) is 2.76. The number of hydrogen-bond acceptors (Lipinski definition) is 4. The second kappa shape index (κ2) is 9.76. The Morgan fingerprint density at radius 2 is 1.83 bits per heavy atom. The van der Waals surface area contributed by atoms with Gasteiger partial charge >= 0.3 is 0 Å². The van der Waals surface area contributed by atoms with Gasteiger partial charge in [-0.25, -0.2) is 4.21 Å². The van der Waals surface area contributed by atoms with Crippen LogP contribution in [0.25, 0.3) is 0 Å². The van der Waals surface area contributed by atoms with Crippen LogP contribution >= 0.6 is 0 Å². The average molecular weight is 357 g/mol. The van der Waals surface area contributed by atoms with Gasteiger partial charge in [-0.05, 0) is 25.7 Å². The molecule has 3 amide bonds. The Balaban J connectivity index is 1.97. The Morgan fingerprint density at radius 3 is 2.58 bits per heavy atom. The highest BCUT2D eigenvalue weighted by molar-refractivity contribution is 7.83. The summed E-state index contributed by atoms with van der Waals surface area (Å²) in [6.45, 7) is 0.572. The monoisotopic (exact) mass is 357 g/mol. The molecule has 0 aromatic carbocycles. The van der Waals surface area contributed by atoms with Crippen molar-refractivity contribution in [1.82, 2.24) is 14.9 Å². The fourth-order valence-corrected chi connectivity index (χ4v) is 4.19. The van der Waals surface area contributed by atoms with Gasteiger partial charge in [0.25, 0.3) is 5.91 Å². The first-order valence-electron chi connectivity index (χ1n) is 8.82. The number of nitrogens with zero attached hydrogens (tertiary/aromatic N) is 1. The molecule has 24 heavy (non-hydrogen) atoms. The maximum Gasteiger partial charge on any atom is 0.254 e. The first-order valence-corrected chi connectivity index (χ1v) is 10.1. The molecule has 2 rings (SSSR count). The Kier molecular flexibility index (Phi) is 7.68. The van der Waals surface area contributed by atoms with Crippen molar-refractivity contribution in [2.24, 2.45) is 0 Å². The minimum Gasteiger partial charge on any atom is -0.342 e. The third kappa shape index (κ3) is 5.58. The van der Waals surface area contributed by atoms with E-state index in [-0.39, 0.29) is 5.91 Å². The molecule has 2 fully saturated rings. The number of hydrogen-bond donors (Lipinski definition) is 2. The summed E-state index contributed by atoms with van der Waals surface area (Å²) in [7, 11) is -1.39. The number of likely N-dealkylation sites (tertiary alicyclic amines) is 1. The summed E-state index contributed by atoms with van der Waals surface area (Å²) in [6.07, 6.45) is 8.55. The van der Waals surface area contributed by atoms with Crippen LogP contribution in [0, 0.1) is 0 Å². The Labute approximate surface area is 145 Å². The molecule has 2 heterocycles. The van der Waals surface area contributed by atoms with Crippen molar-refractivity contribution in [2.45, 2.75) is 69.9 Å². The van der Waals surface area contributed by atoms with Crippen LogP contribution in [0.2, 0.25) is 0 Å². The molecule has 0 aromatic heterocycles. The van der Waals surface area contributed by atoms with E-state index < -0.39 is 29.0 Å². The molecule has 2 aliphatic rings. The van der Waals surface area contributed by atoms with Crippen LogP contribution in [0.4, 0.5) is 0 Å². The van der Waals surface area contributed by atoms with Crippen LogP contribution in [0.3, 0.4) is 0 Å². The quantitative estimate of drug-likeness (QED) is 0.724. The van der Waals surface area contributed by atoms with Gasteiger partial charge in [-0.15, -0.1) is 0 Å².